The van der Waals surface area contributed by atoms with Gasteiger partial charge in [0.2, 0.25) is 5.91 Å². The molecule has 0 atom stereocenters. The average Bonchev–Trinajstić information content (AvgIpc) is 2.99. The van der Waals surface area contributed by atoms with Crippen LogP contribution in [0.4, 0.5) is 0 Å². The molecule has 3 nitrogen and oxygen atoms in total. The van der Waals surface area contributed by atoms with Crippen LogP contribution in [0.15, 0.2) is 28.1 Å². The maximum Gasteiger partial charge on any atom is 0.226 e. The molecule has 1 N–H and O–H groups in total. The van der Waals surface area contributed by atoms with E-state index in [1.165, 1.54) is 0 Å². The highest BCUT2D eigenvalue weighted by Crippen LogP contribution is 2.25. The van der Waals surface area contributed by atoms with E-state index >= 15 is 0 Å². The number of thiophene rings is 1. The highest BCUT2D eigenvalue weighted by molar-refractivity contribution is 9.11. The number of nitrogens with zero attached hydrogens (tertiary/aromatic N) is 1. The minimum atomic E-state index is 0.0123. The van der Waals surface area contributed by atoms with E-state index in [1.54, 1.807) is 16.2 Å². The Kier molecular flexibility index (Phi) is 4.97. The molecule has 1 aromatic heterocycles. The zero-order chi connectivity index (χ0) is 13.0. The molecule has 0 spiro atoms. The van der Waals surface area contributed by atoms with Crippen molar-refractivity contribution in [1.82, 2.24) is 4.90 Å². The fourth-order valence-corrected chi connectivity index (χ4v) is 3.59. The molecule has 1 amide bonds. The summed E-state index contributed by atoms with van der Waals surface area (Å²) >= 11 is 5.05. The van der Waals surface area contributed by atoms with Gasteiger partial charge in [0.05, 0.1) is 16.9 Å². The Bertz CT molecular complexity index is 436. The van der Waals surface area contributed by atoms with Crippen molar-refractivity contribution in [2.24, 2.45) is 5.92 Å². The Morgan fingerprint density at radius 2 is 2.17 bits per heavy atom. The van der Waals surface area contributed by atoms with E-state index in [4.69, 9.17) is 5.11 Å². The van der Waals surface area contributed by atoms with Crippen LogP contribution in [0, 0.1) is 5.92 Å². The third kappa shape index (κ3) is 3.43. The first-order chi connectivity index (χ1) is 8.70. The summed E-state index contributed by atoms with van der Waals surface area (Å²) in [5.41, 5.74) is 0. The monoisotopic (exact) mass is 329 g/mol. The average molecular weight is 330 g/mol. The van der Waals surface area contributed by atoms with Gasteiger partial charge in [0.1, 0.15) is 0 Å². The number of carbonyl (C=O) groups excluding carboxylic acids is 1. The molecule has 18 heavy (non-hydrogen) atoms. The maximum absolute atomic E-state index is 12.3. The summed E-state index contributed by atoms with van der Waals surface area (Å²) in [5, 5.41) is 9.10. The van der Waals surface area contributed by atoms with E-state index in [0.29, 0.717) is 13.1 Å². The lowest BCUT2D eigenvalue weighted by molar-refractivity contribution is -0.136. The van der Waals surface area contributed by atoms with Gasteiger partial charge >= 0.3 is 0 Å². The third-order valence-corrected chi connectivity index (χ3v) is 4.62. The highest BCUT2D eigenvalue weighted by atomic mass is 79.9. The van der Waals surface area contributed by atoms with Crippen molar-refractivity contribution in [1.29, 1.82) is 0 Å². The lowest BCUT2D eigenvalue weighted by Crippen LogP contribution is -2.36. The van der Waals surface area contributed by atoms with Gasteiger partial charge in [0.15, 0.2) is 0 Å². The van der Waals surface area contributed by atoms with Crippen molar-refractivity contribution < 1.29 is 9.90 Å². The molecule has 0 radical (unpaired) electrons. The van der Waals surface area contributed by atoms with Crippen LogP contribution in [-0.2, 0) is 11.3 Å². The quantitative estimate of drug-likeness (QED) is 0.844. The topological polar surface area (TPSA) is 40.5 Å². The minimum Gasteiger partial charge on any atom is -0.395 e. The minimum absolute atomic E-state index is 0.0123. The summed E-state index contributed by atoms with van der Waals surface area (Å²) in [6.07, 6.45) is 5.77. The highest BCUT2D eigenvalue weighted by Gasteiger charge is 2.24. The molecule has 0 bridgehead atoms. The Morgan fingerprint density at radius 1 is 1.44 bits per heavy atom. The van der Waals surface area contributed by atoms with Gasteiger partial charge < -0.3 is 10.0 Å². The normalized spacial score (nSPS) is 15.2. The number of aliphatic hydroxyl groups is 1. The fraction of sp³-hybridized carbons (Fsp3) is 0.462. The number of halogens is 1. The first-order valence-corrected chi connectivity index (χ1v) is 7.60. The summed E-state index contributed by atoms with van der Waals surface area (Å²) in [4.78, 5) is 15.2. The van der Waals surface area contributed by atoms with Gasteiger partial charge in [-0.05, 0) is 40.9 Å². The van der Waals surface area contributed by atoms with Gasteiger partial charge in [-0.1, -0.05) is 12.2 Å². The van der Waals surface area contributed by atoms with Gasteiger partial charge in [-0.2, -0.15) is 0 Å². The smallest absolute Gasteiger partial charge is 0.226 e. The SMILES string of the molecule is O=C(C1CC=CC1)N(CCO)Cc1ccc(Br)s1. The number of aliphatic hydroxyl groups excluding tert-OH is 1. The van der Waals surface area contributed by atoms with Crippen LogP contribution in [0.5, 0.6) is 0 Å². The van der Waals surface area contributed by atoms with E-state index in [0.717, 1.165) is 21.5 Å². The third-order valence-electron chi connectivity index (χ3n) is 3.01. The number of amides is 1. The molecule has 0 fully saturated rings. The van der Waals surface area contributed by atoms with Gasteiger partial charge in [0.25, 0.3) is 0 Å². The van der Waals surface area contributed by atoms with Crippen molar-refractivity contribution in [3.63, 3.8) is 0 Å². The molecule has 2 rings (SSSR count). The summed E-state index contributed by atoms with van der Waals surface area (Å²) in [6, 6.07) is 4.00. The van der Waals surface area contributed by atoms with Crippen molar-refractivity contribution in [3.8, 4) is 0 Å². The predicted octanol–water partition coefficient (Wildman–Crippen LogP) is 2.80. The van der Waals surface area contributed by atoms with E-state index in [9.17, 15) is 4.79 Å². The number of carbonyl (C=O) groups is 1. The number of allylic oxidation sites excluding steroid dienone is 2. The van der Waals surface area contributed by atoms with Crippen LogP contribution in [0.25, 0.3) is 0 Å². The number of hydrogen-bond acceptors (Lipinski definition) is 3. The second-order valence-electron chi connectivity index (χ2n) is 4.33. The van der Waals surface area contributed by atoms with Gasteiger partial charge in [-0.25, -0.2) is 0 Å². The fourth-order valence-electron chi connectivity index (χ4n) is 2.09. The summed E-state index contributed by atoms with van der Waals surface area (Å²) in [6.45, 7) is 1.01. The second-order valence-corrected chi connectivity index (χ2v) is 6.88. The zero-order valence-electron chi connectivity index (χ0n) is 10.0. The Hall–Kier alpha value is -0.650. The van der Waals surface area contributed by atoms with Crippen LogP contribution in [0.1, 0.15) is 17.7 Å². The van der Waals surface area contributed by atoms with E-state index in [1.807, 2.05) is 12.1 Å². The number of hydrogen-bond donors (Lipinski definition) is 1. The van der Waals surface area contributed by atoms with Crippen LogP contribution < -0.4 is 0 Å². The Balaban J connectivity index is 2.00. The first-order valence-electron chi connectivity index (χ1n) is 5.99. The van der Waals surface area contributed by atoms with E-state index < -0.39 is 0 Å². The first kappa shape index (κ1) is 13.8. The standard InChI is InChI=1S/C13H16BrNO2S/c14-12-6-5-11(18-12)9-15(7-8-16)13(17)10-3-1-2-4-10/h1-2,5-6,10,16H,3-4,7-9H2. The van der Waals surface area contributed by atoms with E-state index in [2.05, 4.69) is 28.1 Å². The zero-order valence-corrected chi connectivity index (χ0v) is 12.4. The van der Waals surface area contributed by atoms with Crippen molar-refractivity contribution in [2.45, 2.75) is 19.4 Å². The summed E-state index contributed by atoms with van der Waals surface area (Å²) < 4.78 is 1.07. The van der Waals surface area contributed by atoms with Crippen molar-refractivity contribution in [2.75, 3.05) is 13.2 Å². The van der Waals surface area contributed by atoms with Gasteiger partial charge in [0, 0.05) is 17.3 Å². The molecule has 5 heteroatoms. The second kappa shape index (κ2) is 6.50. The molecule has 0 unspecified atom stereocenters. The lowest BCUT2D eigenvalue weighted by atomic mass is 10.1. The molecule has 1 aliphatic rings. The molecular weight excluding hydrogens is 314 g/mol. The summed E-state index contributed by atoms with van der Waals surface area (Å²) in [5.74, 6) is 0.221. The Labute approximate surface area is 119 Å². The summed E-state index contributed by atoms with van der Waals surface area (Å²) in [7, 11) is 0. The number of rotatable bonds is 5. The van der Waals surface area contributed by atoms with Gasteiger partial charge in [-0.3, -0.25) is 4.79 Å². The van der Waals surface area contributed by atoms with Crippen LogP contribution >= 0.6 is 27.3 Å². The van der Waals surface area contributed by atoms with Crippen LogP contribution in [0.2, 0.25) is 0 Å². The molecule has 1 aromatic rings. The van der Waals surface area contributed by atoms with Crippen LogP contribution in [-0.4, -0.2) is 29.1 Å². The molecular formula is C13H16BrNO2S. The molecule has 0 aliphatic heterocycles. The lowest BCUT2D eigenvalue weighted by Gasteiger charge is -2.24. The molecule has 1 aliphatic carbocycles. The van der Waals surface area contributed by atoms with Crippen molar-refractivity contribution >= 4 is 33.2 Å². The largest absolute Gasteiger partial charge is 0.395 e. The predicted molar refractivity (Wildman–Crippen MR) is 76.4 cm³/mol. The molecule has 0 saturated heterocycles. The molecule has 0 saturated carbocycles. The van der Waals surface area contributed by atoms with Crippen LogP contribution in [0.3, 0.4) is 0 Å². The van der Waals surface area contributed by atoms with E-state index in [-0.39, 0.29) is 18.4 Å². The molecule has 98 valence electrons. The molecule has 0 aromatic carbocycles. The molecule has 1 heterocycles. The van der Waals surface area contributed by atoms with Crippen molar-refractivity contribution in [3.05, 3.63) is 32.9 Å². The Morgan fingerprint density at radius 3 is 2.72 bits per heavy atom. The van der Waals surface area contributed by atoms with Gasteiger partial charge in [-0.15, -0.1) is 11.3 Å². The maximum atomic E-state index is 12.3.